The van der Waals surface area contributed by atoms with Crippen molar-refractivity contribution in [1.29, 1.82) is 0 Å². The van der Waals surface area contributed by atoms with Gasteiger partial charge in [0.1, 0.15) is 5.82 Å². The number of nitrogens with one attached hydrogen (secondary N) is 2. The van der Waals surface area contributed by atoms with Crippen molar-refractivity contribution in [3.05, 3.63) is 77.1 Å². The molecular weight excluding hydrogens is 451 g/mol. The first kappa shape index (κ1) is 21.6. The lowest BCUT2D eigenvalue weighted by molar-refractivity contribution is -0.119. The van der Waals surface area contributed by atoms with Gasteiger partial charge in [-0.2, -0.15) is 0 Å². The highest BCUT2D eigenvalue weighted by molar-refractivity contribution is 8.03. The van der Waals surface area contributed by atoms with E-state index in [0.717, 1.165) is 14.9 Å². The van der Waals surface area contributed by atoms with Crippen molar-refractivity contribution in [1.82, 2.24) is 21.0 Å². The molecule has 10 heteroatoms. The molecular formula is C19H16ClFN4OS3. The summed E-state index contributed by atoms with van der Waals surface area (Å²) in [6.45, 7) is 3.81. The zero-order valence-electron chi connectivity index (χ0n) is 15.0. The van der Waals surface area contributed by atoms with Gasteiger partial charge in [0.2, 0.25) is 5.91 Å². The smallest absolute Gasteiger partial charge is 0.248 e. The zero-order valence-corrected chi connectivity index (χ0v) is 18.2. The van der Waals surface area contributed by atoms with E-state index in [0.29, 0.717) is 21.4 Å². The van der Waals surface area contributed by atoms with E-state index in [2.05, 4.69) is 27.6 Å². The van der Waals surface area contributed by atoms with Crippen molar-refractivity contribution in [2.75, 3.05) is 5.75 Å². The predicted molar refractivity (Wildman–Crippen MR) is 118 cm³/mol. The molecule has 0 atom stereocenters. The summed E-state index contributed by atoms with van der Waals surface area (Å²) in [6.07, 6.45) is 0. The minimum Gasteiger partial charge on any atom is -0.299 e. The first-order valence-corrected chi connectivity index (χ1v) is 11.5. The van der Waals surface area contributed by atoms with Crippen LogP contribution in [-0.2, 0) is 10.5 Å². The van der Waals surface area contributed by atoms with Gasteiger partial charge in [-0.1, -0.05) is 71.2 Å². The Labute approximate surface area is 185 Å². The summed E-state index contributed by atoms with van der Waals surface area (Å²) in [7, 11) is 0. The molecule has 0 aliphatic heterocycles. The second-order valence-corrected chi connectivity index (χ2v) is 9.49. The molecule has 0 saturated carbocycles. The molecule has 3 aromatic rings. The molecule has 0 aliphatic rings. The van der Waals surface area contributed by atoms with Crippen molar-refractivity contribution in [3.63, 3.8) is 0 Å². The van der Waals surface area contributed by atoms with E-state index in [1.54, 1.807) is 23.9 Å². The van der Waals surface area contributed by atoms with Crippen LogP contribution in [0.1, 0.15) is 11.1 Å². The number of hydrazine groups is 1. The highest BCUT2D eigenvalue weighted by Crippen LogP contribution is 2.32. The number of nitrogens with zero attached hydrogens (tertiary/aromatic N) is 2. The molecule has 1 aromatic heterocycles. The van der Waals surface area contributed by atoms with Gasteiger partial charge in [-0.05, 0) is 41.5 Å². The summed E-state index contributed by atoms with van der Waals surface area (Å²) in [5.74, 6) is 0.310. The molecule has 0 fully saturated rings. The van der Waals surface area contributed by atoms with Gasteiger partial charge < -0.3 is 0 Å². The van der Waals surface area contributed by atoms with E-state index in [1.165, 1.54) is 35.2 Å². The van der Waals surface area contributed by atoms with Crippen LogP contribution >= 0.6 is 46.5 Å². The summed E-state index contributed by atoms with van der Waals surface area (Å²) in [5, 5.41) is 8.96. The number of amides is 1. The molecule has 0 radical (unpaired) electrons. The Kier molecular flexibility index (Phi) is 7.93. The van der Waals surface area contributed by atoms with Gasteiger partial charge in [-0.15, -0.1) is 10.2 Å². The Hall–Kier alpha value is -2.07. The molecule has 0 bridgehead atoms. The molecule has 0 unspecified atom stereocenters. The van der Waals surface area contributed by atoms with E-state index in [1.807, 2.05) is 24.3 Å². The van der Waals surface area contributed by atoms with Crippen LogP contribution < -0.4 is 10.9 Å². The number of hydrogen-bond donors (Lipinski definition) is 2. The Morgan fingerprint density at radius 3 is 2.48 bits per heavy atom. The summed E-state index contributed by atoms with van der Waals surface area (Å²) in [6, 6.07) is 13.5. The summed E-state index contributed by atoms with van der Waals surface area (Å²) in [5.41, 5.74) is 7.47. The lowest BCUT2D eigenvalue weighted by Gasteiger charge is -2.10. The molecule has 0 aliphatic carbocycles. The number of hydrogen-bond acceptors (Lipinski definition) is 7. The molecule has 1 heterocycles. The Bertz CT molecular complexity index is 997. The number of carbonyl (C=O) groups is 1. The van der Waals surface area contributed by atoms with E-state index in [9.17, 15) is 9.18 Å². The van der Waals surface area contributed by atoms with E-state index in [-0.39, 0.29) is 17.5 Å². The number of aromatic nitrogens is 2. The standard InChI is InChI=1S/C19H16ClFN4OS3/c1-12(13-6-8-15(21)9-7-13)22-23-17(26)11-28-19-25-24-18(29-19)27-10-14-4-2-3-5-16(14)20/h2-9,22H,1,10-11H2,(H,23,26). The maximum Gasteiger partial charge on any atom is 0.248 e. The van der Waals surface area contributed by atoms with Crippen LogP contribution in [-0.4, -0.2) is 21.9 Å². The van der Waals surface area contributed by atoms with Gasteiger partial charge in [-0.25, -0.2) is 4.39 Å². The summed E-state index contributed by atoms with van der Waals surface area (Å²) < 4.78 is 14.5. The van der Waals surface area contributed by atoms with Crippen molar-refractivity contribution in [2.45, 2.75) is 14.4 Å². The fourth-order valence-electron chi connectivity index (χ4n) is 2.10. The second-order valence-electron chi connectivity index (χ2n) is 5.66. The topological polar surface area (TPSA) is 66.9 Å². The van der Waals surface area contributed by atoms with Crippen LogP contribution in [0.15, 0.2) is 63.8 Å². The van der Waals surface area contributed by atoms with Gasteiger partial charge >= 0.3 is 0 Å². The maximum atomic E-state index is 12.9. The van der Waals surface area contributed by atoms with Gasteiger partial charge in [0, 0.05) is 10.8 Å². The average Bonchev–Trinajstić information content (AvgIpc) is 3.18. The van der Waals surface area contributed by atoms with Crippen LogP contribution in [0.5, 0.6) is 0 Å². The van der Waals surface area contributed by atoms with Crippen LogP contribution in [0.25, 0.3) is 5.70 Å². The number of benzene rings is 2. The SMILES string of the molecule is C=C(NNC(=O)CSc1nnc(SCc2ccccc2Cl)s1)c1ccc(F)cc1. The quantitative estimate of drug-likeness (QED) is 0.341. The number of rotatable bonds is 9. The molecule has 3 rings (SSSR count). The summed E-state index contributed by atoms with van der Waals surface area (Å²) in [4.78, 5) is 12.0. The molecule has 1 amide bonds. The van der Waals surface area contributed by atoms with E-state index in [4.69, 9.17) is 11.6 Å². The zero-order chi connectivity index (χ0) is 20.6. The minimum atomic E-state index is -0.330. The lowest BCUT2D eigenvalue weighted by atomic mass is 10.2. The van der Waals surface area contributed by atoms with E-state index < -0.39 is 0 Å². The van der Waals surface area contributed by atoms with Crippen molar-refractivity contribution in [2.24, 2.45) is 0 Å². The maximum absolute atomic E-state index is 12.9. The Balaban J connectivity index is 1.41. The minimum absolute atomic E-state index is 0.174. The number of carbonyl (C=O) groups excluding carboxylic acids is 1. The van der Waals surface area contributed by atoms with Crippen LogP contribution in [0.3, 0.4) is 0 Å². The second kappa shape index (κ2) is 10.6. The highest BCUT2D eigenvalue weighted by atomic mass is 35.5. The molecule has 0 saturated heterocycles. The average molecular weight is 467 g/mol. The summed E-state index contributed by atoms with van der Waals surface area (Å²) >= 11 is 10.4. The fraction of sp³-hybridized carbons (Fsp3) is 0.105. The number of thioether (sulfide) groups is 2. The van der Waals surface area contributed by atoms with Crippen molar-refractivity contribution in [3.8, 4) is 0 Å². The van der Waals surface area contributed by atoms with Gasteiger partial charge in [-0.3, -0.25) is 15.6 Å². The van der Waals surface area contributed by atoms with Gasteiger partial charge in [0.25, 0.3) is 0 Å². The first-order chi connectivity index (χ1) is 14.0. The largest absolute Gasteiger partial charge is 0.299 e. The Morgan fingerprint density at radius 1 is 1.07 bits per heavy atom. The normalized spacial score (nSPS) is 10.6. The third-order valence-corrected chi connectivity index (χ3v) is 7.18. The van der Waals surface area contributed by atoms with Crippen LogP contribution in [0, 0.1) is 5.82 Å². The van der Waals surface area contributed by atoms with E-state index >= 15 is 0 Å². The van der Waals surface area contributed by atoms with Crippen molar-refractivity contribution < 1.29 is 9.18 Å². The molecule has 2 aromatic carbocycles. The van der Waals surface area contributed by atoms with Crippen molar-refractivity contribution >= 4 is 58.1 Å². The fourth-order valence-corrected chi connectivity index (χ4v) is 5.21. The molecule has 5 nitrogen and oxygen atoms in total. The lowest BCUT2D eigenvalue weighted by Crippen LogP contribution is -2.37. The molecule has 0 spiro atoms. The Morgan fingerprint density at radius 2 is 1.76 bits per heavy atom. The highest BCUT2D eigenvalue weighted by Gasteiger charge is 2.10. The van der Waals surface area contributed by atoms with Gasteiger partial charge in [0.15, 0.2) is 8.68 Å². The molecule has 29 heavy (non-hydrogen) atoms. The molecule has 150 valence electrons. The molecule has 2 N–H and O–H groups in total. The third-order valence-electron chi connectivity index (χ3n) is 3.57. The number of halogens is 2. The monoisotopic (exact) mass is 466 g/mol. The van der Waals surface area contributed by atoms with Crippen LogP contribution in [0.2, 0.25) is 5.02 Å². The first-order valence-electron chi connectivity index (χ1n) is 8.33. The third kappa shape index (κ3) is 6.74. The van der Waals surface area contributed by atoms with Gasteiger partial charge in [0.05, 0.1) is 11.4 Å². The predicted octanol–water partition coefficient (Wildman–Crippen LogP) is 5.01. The van der Waals surface area contributed by atoms with Crippen LogP contribution in [0.4, 0.5) is 4.39 Å².